The van der Waals surface area contributed by atoms with Crippen LogP contribution in [0.2, 0.25) is 0 Å². The molecule has 0 spiro atoms. The van der Waals surface area contributed by atoms with Crippen molar-refractivity contribution in [3.05, 3.63) is 35.9 Å². The number of hydrogen-bond acceptors (Lipinski definition) is 1. The predicted molar refractivity (Wildman–Crippen MR) is 60.2 cm³/mol. The Hall–Kier alpha value is -0.820. The highest BCUT2D eigenvalue weighted by Gasteiger charge is 2.17. The summed E-state index contributed by atoms with van der Waals surface area (Å²) in [7, 11) is 0. The van der Waals surface area contributed by atoms with Gasteiger partial charge in [-0.1, -0.05) is 36.8 Å². The second-order valence-electron chi connectivity index (χ2n) is 4.30. The van der Waals surface area contributed by atoms with Crippen molar-refractivity contribution in [3.63, 3.8) is 0 Å². The van der Waals surface area contributed by atoms with Crippen LogP contribution in [-0.2, 0) is 6.54 Å². The molecule has 76 valence electrons. The molecule has 1 atom stereocenters. The minimum absolute atomic E-state index is 0.768. The molecule has 1 heteroatoms. The molecule has 0 amide bonds. The maximum Gasteiger partial charge on any atom is 0.0236 e. The second-order valence-corrected chi connectivity index (χ2v) is 4.30. The number of piperidine rings is 1. The van der Waals surface area contributed by atoms with Gasteiger partial charge < -0.3 is 0 Å². The molecule has 14 heavy (non-hydrogen) atoms. The van der Waals surface area contributed by atoms with E-state index in [0.717, 1.165) is 12.6 Å². The van der Waals surface area contributed by atoms with Gasteiger partial charge in [-0.15, -0.1) is 0 Å². The van der Waals surface area contributed by atoms with E-state index in [0.29, 0.717) is 0 Å². The zero-order valence-corrected chi connectivity index (χ0v) is 8.95. The van der Waals surface area contributed by atoms with Crippen molar-refractivity contribution in [1.82, 2.24) is 4.90 Å². The largest absolute Gasteiger partial charge is 0.296 e. The molecule has 0 N–H and O–H groups in total. The van der Waals surface area contributed by atoms with Crippen LogP contribution in [0.5, 0.6) is 0 Å². The van der Waals surface area contributed by atoms with Crippen molar-refractivity contribution >= 4 is 0 Å². The molecule has 1 nitrogen and oxygen atoms in total. The highest BCUT2D eigenvalue weighted by molar-refractivity contribution is 5.14. The normalized spacial score (nSPS) is 23.6. The number of hydrogen-bond donors (Lipinski definition) is 0. The molecule has 1 saturated heterocycles. The first-order valence-electron chi connectivity index (χ1n) is 5.64. The first-order chi connectivity index (χ1) is 6.86. The van der Waals surface area contributed by atoms with Crippen molar-refractivity contribution in [1.29, 1.82) is 0 Å². The monoisotopic (exact) mass is 189 g/mol. The Labute approximate surface area is 86.7 Å². The van der Waals surface area contributed by atoms with E-state index in [1.165, 1.54) is 31.4 Å². The summed E-state index contributed by atoms with van der Waals surface area (Å²) < 4.78 is 0. The SMILES string of the molecule is C[C@H]1CCCCN1Cc1ccccc1. The fourth-order valence-corrected chi connectivity index (χ4v) is 2.21. The quantitative estimate of drug-likeness (QED) is 0.691. The van der Waals surface area contributed by atoms with Crippen LogP contribution < -0.4 is 0 Å². The lowest BCUT2D eigenvalue weighted by molar-refractivity contribution is 0.152. The molecular weight excluding hydrogens is 170 g/mol. The van der Waals surface area contributed by atoms with Crippen LogP contribution in [0.25, 0.3) is 0 Å². The third-order valence-corrected chi connectivity index (χ3v) is 3.17. The van der Waals surface area contributed by atoms with Gasteiger partial charge in [0.25, 0.3) is 0 Å². The molecule has 0 bridgehead atoms. The standard InChI is InChI=1S/C13H19N/c1-12-7-5-6-10-14(12)11-13-8-3-2-4-9-13/h2-4,8-9,12H,5-7,10-11H2,1H3/t12-/m0/s1. The van der Waals surface area contributed by atoms with Crippen molar-refractivity contribution in [2.45, 2.75) is 38.8 Å². The van der Waals surface area contributed by atoms with Crippen molar-refractivity contribution in [3.8, 4) is 0 Å². The van der Waals surface area contributed by atoms with Crippen molar-refractivity contribution in [2.24, 2.45) is 0 Å². The lowest BCUT2D eigenvalue weighted by Gasteiger charge is -2.33. The number of rotatable bonds is 2. The van der Waals surface area contributed by atoms with E-state index in [2.05, 4.69) is 42.2 Å². The first kappa shape index (κ1) is 9.72. The topological polar surface area (TPSA) is 3.24 Å². The Balaban J connectivity index is 1.96. The summed E-state index contributed by atoms with van der Waals surface area (Å²) in [5.41, 5.74) is 1.45. The van der Waals surface area contributed by atoms with E-state index >= 15 is 0 Å². The summed E-state index contributed by atoms with van der Waals surface area (Å²) in [6.07, 6.45) is 4.15. The minimum Gasteiger partial charge on any atom is -0.296 e. The highest BCUT2D eigenvalue weighted by atomic mass is 15.2. The second kappa shape index (κ2) is 4.61. The van der Waals surface area contributed by atoms with Crippen LogP contribution in [-0.4, -0.2) is 17.5 Å². The Bertz CT molecular complexity index is 268. The zero-order valence-electron chi connectivity index (χ0n) is 8.95. The van der Waals surface area contributed by atoms with Crippen LogP contribution in [0.15, 0.2) is 30.3 Å². The molecular formula is C13H19N. The molecule has 2 rings (SSSR count). The summed E-state index contributed by atoms with van der Waals surface area (Å²) in [5, 5.41) is 0. The summed E-state index contributed by atoms with van der Waals surface area (Å²) in [6.45, 7) is 4.75. The molecule has 0 radical (unpaired) electrons. The minimum atomic E-state index is 0.768. The molecule has 1 aromatic carbocycles. The van der Waals surface area contributed by atoms with Crippen LogP contribution in [0, 0.1) is 0 Å². The smallest absolute Gasteiger partial charge is 0.0236 e. The van der Waals surface area contributed by atoms with Gasteiger partial charge in [-0.05, 0) is 31.9 Å². The van der Waals surface area contributed by atoms with E-state index in [-0.39, 0.29) is 0 Å². The highest BCUT2D eigenvalue weighted by Crippen LogP contribution is 2.18. The van der Waals surface area contributed by atoms with Crippen molar-refractivity contribution < 1.29 is 0 Å². The molecule has 0 saturated carbocycles. The predicted octanol–water partition coefficient (Wildman–Crippen LogP) is 3.06. The lowest BCUT2D eigenvalue weighted by Crippen LogP contribution is -2.36. The molecule has 1 aliphatic heterocycles. The van der Waals surface area contributed by atoms with E-state index in [1.807, 2.05) is 0 Å². The van der Waals surface area contributed by atoms with Gasteiger partial charge >= 0.3 is 0 Å². The van der Waals surface area contributed by atoms with Crippen molar-refractivity contribution in [2.75, 3.05) is 6.54 Å². The third-order valence-electron chi connectivity index (χ3n) is 3.17. The van der Waals surface area contributed by atoms with E-state index < -0.39 is 0 Å². The van der Waals surface area contributed by atoms with E-state index in [4.69, 9.17) is 0 Å². The Kier molecular flexibility index (Phi) is 3.20. The van der Waals surface area contributed by atoms with Gasteiger partial charge in [0.2, 0.25) is 0 Å². The maximum atomic E-state index is 2.60. The van der Waals surface area contributed by atoms with Crippen LogP contribution >= 0.6 is 0 Å². The molecule has 1 fully saturated rings. The molecule has 1 aliphatic rings. The summed E-state index contributed by atoms with van der Waals surface area (Å²) >= 11 is 0. The fraction of sp³-hybridized carbons (Fsp3) is 0.538. The lowest BCUT2D eigenvalue weighted by atomic mass is 10.0. The summed E-state index contributed by atoms with van der Waals surface area (Å²) in [4.78, 5) is 2.60. The Morgan fingerprint density at radius 1 is 1.21 bits per heavy atom. The average molecular weight is 189 g/mol. The molecule has 0 aliphatic carbocycles. The van der Waals surface area contributed by atoms with Gasteiger partial charge in [-0.2, -0.15) is 0 Å². The Morgan fingerprint density at radius 3 is 2.71 bits per heavy atom. The summed E-state index contributed by atoms with van der Waals surface area (Å²) in [5.74, 6) is 0. The fourth-order valence-electron chi connectivity index (χ4n) is 2.21. The van der Waals surface area contributed by atoms with Crippen LogP contribution in [0.4, 0.5) is 0 Å². The summed E-state index contributed by atoms with van der Waals surface area (Å²) in [6, 6.07) is 11.6. The van der Waals surface area contributed by atoms with E-state index in [9.17, 15) is 0 Å². The van der Waals surface area contributed by atoms with Gasteiger partial charge in [-0.25, -0.2) is 0 Å². The third kappa shape index (κ3) is 2.36. The maximum absolute atomic E-state index is 2.60. The number of benzene rings is 1. The number of nitrogens with zero attached hydrogens (tertiary/aromatic N) is 1. The zero-order chi connectivity index (χ0) is 9.80. The van der Waals surface area contributed by atoms with Gasteiger partial charge in [0, 0.05) is 12.6 Å². The van der Waals surface area contributed by atoms with Crippen LogP contribution in [0.3, 0.4) is 0 Å². The van der Waals surface area contributed by atoms with Gasteiger partial charge in [-0.3, -0.25) is 4.90 Å². The van der Waals surface area contributed by atoms with E-state index in [1.54, 1.807) is 0 Å². The van der Waals surface area contributed by atoms with Gasteiger partial charge in [0.1, 0.15) is 0 Å². The van der Waals surface area contributed by atoms with Crippen LogP contribution in [0.1, 0.15) is 31.7 Å². The molecule has 1 aromatic rings. The molecule has 0 unspecified atom stereocenters. The Morgan fingerprint density at radius 2 is 2.00 bits per heavy atom. The number of likely N-dealkylation sites (tertiary alicyclic amines) is 1. The first-order valence-corrected chi connectivity index (χ1v) is 5.64. The molecule has 1 heterocycles. The average Bonchev–Trinajstić information content (AvgIpc) is 2.23. The molecule has 0 aromatic heterocycles. The van der Waals surface area contributed by atoms with Gasteiger partial charge in [0.05, 0.1) is 0 Å². The van der Waals surface area contributed by atoms with Gasteiger partial charge in [0.15, 0.2) is 0 Å².